The molecule has 0 aromatic carbocycles. The van der Waals surface area contributed by atoms with E-state index in [1.54, 1.807) is 6.20 Å². The first-order chi connectivity index (χ1) is 13.6. The molecule has 3 aromatic rings. The highest BCUT2D eigenvalue weighted by atomic mass is 19.1. The van der Waals surface area contributed by atoms with Crippen molar-refractivity contribution in [2.24, 2.45) is 5.73 Å². The molecule has 0 saturated heterocycles. The highest BCUT2D eigenvalue weighted by Gasteiger charge is 2.32. The van der Waals surface area contributed by atoms with Gasteiger partial charge in [0.2, 0.25) is 0 Å². The van der Waals surface area contributed by atoms with Crippen molar-refractivity contribution in [1.82, 2.24) is 19.7 Å². The van der Waals surface area contributed by atoms with E-state index < -0.39 is 5.82 Å². The number of nitrogens with one attached hydrogen (secondary N) is 2. The number of halogens is 1. The molecule has 0 spiro atoms. The van der Waals surface area contributed by atoms with Gasteiger partial charge in [-0.2, -0.15) is 0 Å². The first kappa shape index (κ1) is 17.1. The van der Waals surface area contributed by atoms with Crippen molar-refractivity contribution < 1.29 is 9.18 Å². The average Bonchev–Trinajstić information content (AvgIpc) is 3.30. The van der Waals surface area contributed by atoms with E-state index in [0.717, 1.165) is 31.3 Å². The summed E-state index contributed by atoms with van der Waals surface area (Å²) in [6.07, 6.45) is 7.44. The summed E-state index contributed by atoms with van der Waals surface area (Å²) in [7, 11) is 0. The molecular weight excluding hydrogens is 359 g/mol. The molecule has 4 N–H and O–H groups in total. The van der Waals surface area contributed by atoms with Crippen LogP contribution in [-0.4, -0.2) is 32.4 Å². The Labute approximate surface area is 161 Å². The summed E-state index contributed by atoms with van der Waals surface area (Å²) in [6.45, 7) is 0.150. The average molecular weight is 380 g/mol. The molecular formula is C20H21FN6O. The number of anilines is 1. The zero-order valence-electron chi connectivity index (χ0n) is 15.3. The molecule has 2 aliphatic rings. The summed E-state index contributed by atoms with van der Waals surface area (Å²) in [6, 6.07) is 5.56. The third-order valence-electron chi connectivity index (χ3n) is 5.69. The Morgan fingerprint density at radius 2 is 2.14 bits per heavy atom. The summed E-state index contributed by atoms with van der Waals surface area (Å²) in [5, 5.41) is 5.93. The first-order valence-electron chi connectivity index (χ1n) is 9.58. The van der Waals surface area contributed by atoms with Crippen LogP contribution in [0.5, 0.6) is 0 Å². The maximum absolute atomic E-state index is 15.2. The van der Waals surface area contributed by atoms with E-state index in [4.69, 9.17) is 5.73 Å². The van der Waals surface area contributed by atoms with Gasteiger partial charge in [-0.15, -0.1) is 0 Å². The lowest BCUT2D eigenvalue weighted by molar-refractivity contribution is 0.0966. The third kappa shape index (κ3) is 2.63. The molecule has 0 radical (unpaired) electrons. The van der Waals surface area contributed by atoms with Crippen LogP contribution in [0.15, 0.2) is 30.6 Å². The fraction of sp³-hybridized carbons (Fsp3) is 0.350. The van der Waals surface area contributed by atoms with Crippen molar-refractivity contribution in [3.05, 3.63) is 47.5 Å². The van der Waals surface area contributed by atoms with E-state index in [0.29, 0.717) is 17.0 Å². The van der Waals surface area contributed by atoms with Crippen LogP contribution in [0.3, 0.4) is 0 Å². The second-order valence-corrected chi connectivity index (χ2v) is 7.43. The van der Waals surface area contributed by atoms with Crippen molar-refractivity contribution in [3.8, 4) is 11.4 Å². The molecule has 4 heterocycles. The molecule has 1 unspecified atom stereocenters. The molecule has 5 rings (SSSR count). The molecule has 7 nitrogen and oxygen atoms in total. The number of carbonyl (C=O) groups excluding carboxylic acids is 1. The number of aromatic nitrogens is 3. The van der Waals surface area contributed by atoms with Crippen molar-refractivity contribution in [2.75, 3.05) is 5.32 Å². The normalized spacial score (nSPS) is 21.6. The molecule has 1 aliphatic carbocycles. The molecule has 28 heavy (non-hydrogen) atoms. The monoisotopic (exact) mass is 380 g/mol. The number of hydrogen-bond donors (Lipinski definition) is 3. The number of fused-ring (bicyclic) bond motifs is 2. The molecule has 3 aromatic heterocycles. The van der Waals surface area contributed by atoms with Crippen molar-refractivity contribution in [2.45, 2.75) is 44.3 Å². The lowest BCUT2D eigenvalue weighted by Crippen LogP contribution is -2.43. The number of amides is 1. The zero-order chi connectivity index (χ0) is 19.3. The van der Waals surface area contributed by atoms with Crippen LogP contribution >= 0.6 is 0 Å². The standard InChI is InChI=1S/C20H21FN6O/c21-17-11-9-24-20(28)16(11)18(14-10-23-15-7-3-4-8-27(14)15)26-19(17)25-13-6-2-1-5-12(13)22/h3-4,7-8,10,12-13H,1-2,5-6,9,22H2,(H,24,28)(H,25,26)/t12-,13?/m0/s1. The van der Waals surface area contributed by atoms with Gasteiger partial charge >= 0.3 is 0 Å². The quantitative estimate of drug-likeness (QED) is 0.649. The molecule has 2 atom stereocenters. The summed E-state index contributed by atoms with van der Waals surface area (Å²) in [5.74, 6) is -0.648. The smallest absolute Gasteiger partial charge is 0.254 e. The highest BCUT2D eigenvalue weighted by Crippen LogP contribution is 2.34. The maximum Gasteiger partial charge on any atom is 0.254 e. The van der Waals surface area contributed by atoms with Gasteiger partial charge in [0, 0.05) is 30.4 Å². The maximum atomic E-state index is 15.2. The second kappa shape index (κ2) is 6.56. The Hall–Kier alpha value is -3.00. The fourth-order valence-electron chi connectivity index (χ4n) is 4.18. The van der Waals surface area contributed by atoms with Crippen molar-refractivity contribution >= 4 is 17.4 Å². The van der Waals surface area contributed by atoms with Gasteiger partial charge in [0.15, 0.2) is 11.6 Å². The Morgan fingerprint density at radius 3 is 3.00 bits per heavy atom. The van der Waals surface area contributed by atoms with Crippen LogP contribution < -0.4 is 16.4 Å². The van der Waals surface area contributed by atoms with Gasteiger partial charge in [-0.05, 0) is 25.0 Å². The van der Waals surface area contributed by atoms with Crippen molar-refractivity contribution in [1.29, 1.82) is 0 Å². The fourth-order valence-corrected chi connectivity index (χ4v) is 4.18. The topological polar surface area (TPSA) is 97.3 Å². The van der Waals surface area contributed by atoms with E-state index in [9.17, 15) is 4.79 Å². The SMILES string of the molecule is N[C@H]1CCCCC1Nc1nc(-c2cnc3ccccn23)c2c(c1F)CNC2=O. The van der Waals surface area contributed by atoms with Gasteiger partial charge in [-0.1, -0.05) is 18.9 Å². The number of rotatable bonds is 3. The van der Waals surface area contributed by atoms with Gasteiger partial charge in [0.1, 0.15) is 11.3 Å². The number of nitrogens with two attached hydrogens (primary N) is 1. The van der Waals surface area contributed by atoms with E-state index in [2.05, 4.69) is 20.6 Å². The zero-order valence-corrected chi connectivity index (χ0v) is 15.3. The Balaban J connectivity index is 1.66. The molecule has 1 fully saturated rings. The van der Waals surface area contributed by atoms with Crippen LogP contribution in [0, 0.1) is 5.82 Å². The highest BCUT2D eigenvalue weighted by molar-refractivity contribution is 6.04. The Kier molecular flexibility index (Phi) is 4.01. The summed E-state index contributed by atoms with van der Waals surface area (Å²) < 4.78 is 17.0. The Bertz CT molecular complexity index is 1080. The number of hydrogen-bond acceptors (Lipinski definition) is 5. The number of nitrogens with zero attached hydrogens (tertiary/aromatic N) is 3. The van der Waals surface area contributed by atoms with E-state index in [1.165, 1.54) is 0 Å². The largest absolute Gasteiger partial charge is 0.363 e. The van der Waals surface area contributed by atoms with E-state index >= 15 is 4.39 Å². The molecule has 8 heteroatoms. The van der Waals surface area contributed by atoms with Crippen LogP contribution in [-0.2, 0) is 6.54 Å². The summed E-state index contributed by atoms with van der Waals surface area (Å²) in [5.41, 5.74) is 8.66. The molecule has 1 amide bonds. The lowest BCUT2D eigenvalue weighted by Gasteiger charge is -2.30. The number of pyridine rings is 2. The van der Waals surface area contributed by atoms with Gasteiger partial charge in [-0.25, -0.2) is 14.4 Å². The molecule has 1 saturated carbocycles. The minimum atomic E-state index is -0.483. The van der Waals surface area contributed by atoms with E-state index in [-0.39, 0.29) is 35.9 Å². The first-order valence-corrected chi connectivity index (χ1v) is 9.58. The number of imidazole rings is 1. The van der Waals surface area contributed by atoms with Crippen molar-refractivity contribution in [3.63, 3.8) is 0 Å². The Morgan fingerprint density at radius 1 is 1.29 bits per heavy atom. The van der Waals surface area contributed by atoms with Crippen LogP contribution in [0.2, 0.25) is 0 Å². The minimum absolute atomic E-state index is 0.0334. The van der Waals surface area contributed by atoms with Gasteiger partial charge in [0.25, 0.3) is 5.91 Å². The second-order valence-electron chi connectivity index (χ2n) is 7.43. The molecule has 144 valence electrons. The van der Waals surface area contributed by atoms with Crippen LogP contribution in [0.25, 0.3) is 17.0 Å². The molecule has 1 aliphatic heterocycles. The summed E-state index contributed by atoms with van der Waals surface area (Å²) in [4.78, 5) is 21.4. The van der Waals surface area contributed by atoms with Gasteiger partial charge in [0.05, 0.1) is 17.5 Å². The minimum Gasteiger partial charge on any atom is -0.363 e. The van der Waals surface area contributed by atoms with E-state index in [1.807, 2.05) is 28.8 Å². The molecule has 0 bridgehead atoms. The lowest BCUT2D eigenvalue weighted by atomic mass is 9.91. The summed E-state index contributed by atoms with van der Waals surface area (Å²) >= 11 is 0. The van der Waals surface area contributed by atoms with Crippen LogP contribution in [0.4, 0.5) is 10.2 Å². The van der Waals surface area contributed by atoms with Gasteiger partial charge < -0.3 is 16.4 Å². The van der Waals surface area contributed by atoms with Crippen LogP contribution in [0.1, 0.15) is 41.6 Å². The number of carbonyl (C=O) groups is 1. The predicted molar refractivity (Wildman–Crippen MR) is 103 cm³/mol. The van der Waals surface area contributed by atoms with Gasteiger partial charge in [-0.3, -0.25) is 9.20 Å². The predicted octanol–water partition coefficient (Wildman–Crippen LogP) is 2.46. The third-order valence-corrected chi connectivity index (χ3v) is 5.69.